The van der Waals surface area contributed by atoms with Crippen LogP contribution in [0.2, 0.25) is 0 Å². The first kappa shape index (κ1) is 17.4. The third kappa shape index (κ3) is 4.23. The maximum Gasteiger partial charge on any atom is 0.220 e. The molecule has 5 nitrogen and oxygen atoms in total. The van der Waals surface area contributed by atoms with Gasteiger partial charge in [-0.25, -0.2) is 4.98 Å². The van der Waals surface area contributed by atoms with Crippen LogP contribution in [-0.2, 0) is 17.6 Å². The number of aryl methyl sites for hydroxylation is 1. The van der Waals surface area contributed by atoms with Gasteiger partial charge >= 0.3 is 0 Å². The fraction of sp³-hybridized carbons (Fsp3) is 0.190. The Balaban J connectivity index is 1.25. The quantitative estimate of drug-likeness (QED) is 0.512. The summed E-state index contributed by atoms with van der Waals surface area (Å²) in [7, 11) is 0. The summed E-state index contributed by atoms with van der Waals surface area (Å²) in [6, 6.07) is 14.0. The largest absolute Gasteiger partial charge is 0.361 e. The fourth-order valence-corrected chi connectivity index (χ4v) is 3.86. The highest BCUT2D eigenvalue weighted by Gasteiger charge is 2.08. The second-order valence-corrected chi connectivity index (χ2v) is 7.18. The van der Waals surface area contributed by atoms with Gasteiger partial charge in [0.05, 0.1) is 11.4 Å². The molecule has 1 aromatic carbocycles. The van der Waals surface area contributed by atoms with E-state index in [2.05, 4.69) is 32.4 Å². The van der Waals surface area contributed by atoms with E-state index in [9.17, 15) is 4.79 Å². The van der Waals surface area contributed by atoms with Gasteiger partial charge in [-0.15, -0.1) is 11.3 Å². The lowest BCUT2D eigenvalue weighted by molar-refractivity contribution is -0.121. The minimum atomic E-state index is 0.0576. The number of carbonyl (C=O) groups excluding carboxylic acids is 1. The van der Waals surface area contributed by atoms with E-state index in [0.29, 0.717) is 19.4 Å². The zero-order valence-electron chi connectivity index (χ0n) is 14.8. The number of pyridine rings is 1. The second-order valence-electron chi connectivity index (χ2n) is 6.32. The number of aromatic nitrogens is 3. The van der Waals surface area contributed by atoms with Gasteiger partial charge in [0.2, 0.25) is 5.91 Å². The average molecular weight is 376 g/mol. The van der Waals surface area contributed by atoms with Crippen LogP contribution in [0.4, 0.5) is 0 Å². The highest BCUT2D eigenvalue weighted by molar-refractivity contribution is 7.13. The summed E-state index contributed by atoms with van der Waals surface area (Å²) in [6.45, 7) is 0.636. The number of benzene rings is 1. The van der Waals surface area contributed by atoms with Crippen LogP contribution in [-0.4, -0.2) is 27.4 Å². The van der Waals surface area contributed by atoms with E-state index in [4.69, 9.17) is 0 Å². The number of amides is 1. The van der Waals surface area contributed by atoms with E-state index in [1.165, 1.54) is 10.9 Å². The Morgan fingerprint density at radius 1 is 1.11 bits per heavy atom. The molecule has 6 heteroatoms. The number of hydrogen-bond donors (Lipinski definition) is 2. The molecular formula is C21H20N4OS. The molecule has 0 saturated carbocycles. The zero-order valence-corrected chi connectivity index (χ0v) is 15.6. The van der Waals surface area contributed by atoms with Crippen molar-refractivity contribution in [1.29, 1.82) is 0 Å². The molecule has 3 heterocycles. The highest BCUT2D eigenvalue weighted by atomic mass is 32.1. The Bertz CT molecular complexity index is 1040. The molecule has 0 saturated heterocycles. The first-order chi connectivity index (χ1) is 13.3. The van der Waals surface area contributed by atoms with Gasteiger partial charge in [-0.1, -0.05) is 24.3 Å². The summed E-state index contributed by atoms with van der Waals surface area (Å²) < 4.78 is 0. The molecule has 27 heavy (non-hydrogen) atoms. The van der Waals surface area contributed by atoms with Gasteiger partial charge in [-0.05, 0) is 36.6 Å². The first-order valence-electron chi connectivity index (χ1n) is 8.97. The number of rotatable bonds is 7. The Hall–Kier alpha value is -2.99. The van der Waals surface area contributed by atoms with Gasteiger partial charge in [-0.3, -0.25) is 9.78 Å². The lowest BCUT2D eigenvalue weighted by Gasteiger charge is -2.04. The van der Waals surface area contributed by atoms with Gasteiger partial charge in [0.1, 0.15) is 5.01 Å². The number of fused-ring (bicyclic) bond motifs is 1. The topological polar surface area (TPSA) is 70.7 Å². The van der Waals surface area contributed by atoms with Gasteiger partial charge < -0.3 is 10.3 Å². The molecule has 0 bridgehead atoms. The van der Waals surface area contributed by atoms with Gasteiger partial charge in [0.15, 0.2) is 0 Å². The van der Waals surface area contributed by atoms with Gasteiger partial charge in [-0.2, -0.15) is 0 Å². The molecule has 0 unspecified atom stereocenters. The number of H-pyrrole nitrogens is 1. The first-order valence-corrected chi connectivity index (χ1v) is 9.85. The minimum absolute atomic E-state index is 0.0576. The SMILES string of the molecule is O=C(CCc1csc(-c2ccccn2)n1)NCCc1c[nH]c2ccccc12. The third-order valence-corrected chi connectivity index (χ3v) is 5.35. The number of nitrogens with zero attached hydrogens (tertiary/aromatic N) is 2. The summed E-state index contributed by atoms with van der Waals surface area (Å²) in [5.41, 5.74) is 4.17. The molecule has 0 aliphatic rings. The van der Waals surface area contributed by atoms with E-state index in [1.807, 2.05) is 41.9 Å². The van der Waals surface area contributed by atoms with Crippen molar-refractivity contribution in [3.05, 3.63) is 71.5 Å². The van der Waals surface area contributed by atoms with E-state index in [1.54, 1.807) is 17.5 Å². The Labute approximate surface area is 161 Å². The number of nitrogens with one attached hydrogen (secondary N) is 2. The van der Waals surface area contributed by atoms with Crippen LogP contribution in [0.3, 0.4) is 0 Å². The van der Waals surface area contributed by atoms with Crippen LogP contribution in [0.15, 0.2) is 60.2 Å². The van der Waals surface area contributed by atoms with Crippen LogP contribution in [0.1, 0.15) is 17.7 Å². The van der Waals surface area contributed by atoms with E-state index < -0.39 is 0 Å². The lowest BCUT2D eigenvalue weighted by atomic mass is 10.1. The molecule has 0 radical (unpaired) electrons. The monoisotopic (exact) mass is 376 g/mol. The molecule has 1 amide bonds. The van der Waals surface area contributed by atoms with Crippen LogP contribution >= 0.6 is 11.3 Å². The molecule has 0 fully saturated rings. The Morgan fingerprint density at radius 2 is 2.00 bits per heavy atom. The summed E-state index contributed by atoms with van der Waals surface area (Å²) in [5, 5.41) is 7.12. The number of aromatic amines is 1. The van der Waals surface area contributed by atoms with Crippen molar-refractivity contribution >= 4 is 28.1 Å². The second kappa shape index (κ2) is 8.14. The Kier molecular flexibility index (Phi) is 5.25. The maximum atomic E-state index is 12.1. The summed E-state index contributed by atoms with van der Waals surface area (Å²) in [5.74, 6) is 0.0576. The molecule has 0 aliphatic carbocycles. The molecule has 0 atom stereocenters. The van der Waals surface area contributed by atoms with E-state index >= 15 is 0 Å². The molecule has 3 aromatic heterocycles. The van der Waals surface area contributed by atoms with Crippen molar-refractivity contribution in [1.82, 2.24) is 20.3 Å². The lowest BCUT2D eigenvalue weighted by Crippen LogP contribution is -2.25. The van der Waals surface area contributed by atoms with Crippen LogP contribution in [0.25, 0.3) is 21.6 Å². The van der Waals surface area contributed by atoms with Gasteiger partial charge in [0.25, 0.3) is 0 Å². The minimum Gasteiger partial charge on any atom is -0.361 e. The normalized spacial score (nSPS) is 11.0. The number of thiazole rings is 1. The van der Waals surface area contributed by atoms with Crippen molar-refractivity contribution in [3.63, 3.8) is 0 Å². The molecule has 2 N–H and O–H groups in total. The van der Waals surface area contributed by atoms with E-state index in [-0.39, 0.29) is 5.91 Å². The molecular weight excluding hydrogens is 356 g/mol. The number of hydrogen-bond acceptors (Lipinski definition) is 4. The molecule has 0 aliphatic heterocycles. The van der Waals surface area contributed by atoms with Crippen molar-refractivity contribution < 1.29 is 4.79 Å². The maximum absolute atomic E-state index is 12.1. The number of carbonyl (C=O) groups is 1. The van der Waals surface area contributed by atoms with Crippen molar-refractivity contribution in [2.45, 2.75) is 19.3 Å². The van der Waals surface area contributed by atoms with Gasteiger partial charge in [0, 0.05) is 41.6 Å². The molecule has 4 aromatic rings. The van der Waals surface area contributed by atoms with Crippen LogP contribution < -0.4 is 5.32 Å². The van der Waals surface area contributed by atoms with Crippen molar-refractivity contribution in [2.24, 2.45) is 0 Å². The van der Waals surface area contributed by atoms with E-state index in [0.717, 1.165) is 28.3 Å². The predicted octanol–water partition coefficient (Wildman–Crippen LogP) is 3.98. The molecule has 0 spiro atoms. The molecule has 4 rings (SSSR count). The average Bonchev–Trinajstić information content (AvgIpc) is 3.35. The number of para-hydroxylation sites is 1. The van der Waals surface area contributed by atoms with Crippen molar-refractivity contribution in [2.75, 3.05) is 6.54 Å². The summed E-state index contributed by atoms with van der Waals surface area (Å²) >= 11 is 1.56. The van der Waals surface area contributed by atoms with Crippen LogP contribution in [0, 0.1) is 0 Å². The predicted molar refractivity (Wildman–Crippen MR) is 109 cm³/mol. The summed E-state index contributed by atoms with van der Waals surface area (Å²) in [4.78, 5) is 24.3. The summed E-state index contributed by atoms with van der Waals surface area (Å²) in [6.07, 6.45) is 5.68. The van der Waals surface area contributed by atoms with Crippen molar-refractivity contribution in [3.8, 4) is 10.7 Å². The Morgan fingerprint density at radius 3 is 2.89 bits per heavy atom. The fourth-order valence-electron chi connectivity index (χ4n) is 3.03. The van der Waals surface area contributed by atoms with Crippen LogP contribution in [0.5, 0.6) is 0 Å². The molecule has 136 valence electrons. The standard InChI is InChI=1S/C21H20N4OS/c26-20(23-12-10-15-13-24-18-6-2-1-5-17(15)18)9-8-16-14-27-21(25-16)19-7-3-4-11-22-19/h1-7,11,13-14,24H,8-10,12H2,(H,23,26). The third-order valence-electron chi connectivity index (χ3n) is 4.44. The highest BCUT2D eigenvalue weighted by Crippen LogP contribution is 2.22. The smallest absolute Gasteiger partial charge is 0.220 e. The zero-order chi connectivity index (χ0) is 18.5.